The third-order valence-corrected chi connectivity index (χ3v) is 8.37. The first-order valence-corrected chi connectivity index (χ1v) is 12.5. The second-order valence-corrected chi connectivity index (χ2v) is 10.4. The number of fused-ring (bicyclic) bond motifs is 2. The maximum absolute atomic E-state index is 13.1. The first-order chi connectivity index (χ1) is 15.4. The molecule has 1 fully saturated rings. The zero-order chi connectivity index (χ0) is 22.3. The van der Waals surface area contributed by atoms with Gasteiger partial charge in [-0.15, -0.1) is 11.8 Å². The predicted octanol–water partition coefficient (Wildman–Crippen LogP) is 1.35. The average molecular weight is 473 g/mol. The molecular formula is C21H20N4O5S2. The Morgan fingerprint density at radius 2 is 1.88 bits per heavy atom. The number of carbonyl (C=O) groups excluding carboxylic acids is 1. The molecule has 9 nitrogen and oxygen atoms in total. The van der Waals surface area contributed by atoms with Crippen molar-refractivity contribution in [3.63, 3.8) is 0 Å². The molecule has 2 aliphatic heterocycles. The van der Waals surface area contributed by atoms with Crippen LogP contribution in [0.4, 0.5) is 5.69 Å². The van der Waals surface area contributed by atoms with Crippen LogP contribution in [0.15, 0.2) is 63.2 Å². The van der Waals surface area contributed by atoms with Crippen LogP contribution in [0.25, 0.3) is 5.65 Å². The Bertz CT molecular complexity index is 1370. The standard InChI is InChI=1S/C21H20N4O5S2/c26-20-11-15(22-19-3-1-2-6-24(19)20)13-25-17-12-16(4-5-18(17)31-14-21(25)27)32(28,29)23-7-9-30-10-8-23/h1-6,11-12H,7-10,13-14H2. The van der Waals surface area contributed by atoms with E-state index >= 15 is 0 Å². The highest BCUT2D eigenvalue weighted by Crippen LogP contribution is 2.38. The highest BCUT2D eigenvalue weighted by Gasteiger charge is 2.31. The topological polar surface area (TPSA) is 101 Å². The molecule has 3 aromatic rings. The molecule has 0 spiro atoms. The molecule has 0 atom stereocenters. The number of aromatic nitrogens is 2. The fourth-order valence-corrected chi connectivity index (χ4v) is 6.14. The molecule has 0 saturated carbocycles. The Hall–Kier alpha value is -2.73. The number of hydrogen-bond donors (Lipinski definition) is 0. The summed E-state index contributed by atoms with van der Waals surface area (Å²) in [6.07, 6.45) is 1.63. The summed E-state index contributed by atoms with van der Waals surface area (Å²) in [5.41, 5.74) is 1.19. The molecule has 1 saturated heterocycles. The summed E-state index contributed by atoms with van der Waals surface area (Å²) in [5, 5.41) is 0. The number of sulfonamides is 1. The van der Waals surface area contributed by atoms with E-state index in [0.717, 1.165) is 4.90 Å². The summed E-state index contributed by atoms with van der Waals surface area (Å²) >= 11 is 1.37. The largest absolute Gasteiger partial charge is 0.379 e. The lowest BCUT2D eigenvalue weighted by molar-refractivity contribution is -0.116. The number of morpholine rings is 1. The Labute approximate surface area is 188 Å². The third-order valence-electron chi connectivity index (χ3n) is 5.43. The van der Waals surface area contributed by atoms with Crippen molar-refractivity contribution in [1.82, 2.24) is 13.7 Å². The van der Waals surface area contributed by atoms with Crippen LogP contribution in [-0.4, -0.2) is 60.1 Å². The van der Waals surface area contributed by atoms with Crippen LogP contribution < -0.4 is 10.5 Å². The number of hydrogen-bond acceptors (Lipinski definition) is 7. The minimum absolute atomic E-state index is 0.0775. The zero-order valence-electron chi connectivity index (χ0n) is 17.0. The maximum Gasteiger partial charge on any atom is 0.258 e. The van der Waals surface area contributed by atoms with Crippen molar-refractivity contribution in [2.75, 3.05) is 37.0 Å². The normalized spacial score (nSPS) is 17.5. The number of ether oxygens (including phenoxy) is 1. The number of pyridine rings is 1. The number of carbonyl (C=O) groups is 1. The zero-order valence-corrected chi connectivity index (χ0v) is 18.6. The van der Waals surface area contributed by atoms with Crippen molar-refractivity contribution >= 4 is 39.0 Å². The summed E-state index contributed by atoms with van der Waals surface area (Å²) < 4.78 is 34.3. The van der Waals surface area contributed by atoms with Crippen LogP contribution in [-0.2, 0) is 26.1 Å². The number of amides is 1. The summed E-state index contributed by atoms with van der Waals surface area (Å²) in [5.74, 6) is 0.0632. The molecule has 5 rings (SSSR count). The monoisotopic (exact) mass is 472 g/mol. The highest BCUT2D eigenvalue weighted by atomic mass is 32.2. The van der Waals surface area contributed by atoms with Gasteiger partial charge in [-0.25, -0.2) is 13.4 Å². The van der Waals surface area contributed by atoms with Gasteiger partial charge >= 0.3 is 0 Å². The van der Waals surface area contributed by atoms with Gasteiger partial charge in [-0.3, -0.25) is 14.0 Å². The Morgan fingerprint density at radius 1 is 1.06 bits per heavy atom. The minimum atomic E-state index is -3.71. The second-order valence-electron chi connectivity index (χ2n) is 7.43. The van der Waals surface area contributed by atoms with Gasteiger partial charge in [-0.1, -0.05) is 6.07 Å². The van der Waals surface area contributed by atoms with Crippen LogP contribution in [0.1, 0.15) is 5.69 Å². The molecular weight excluding hydrogens is 452 g/mol. The number of rotatable bonds is 4. The summed E-state index contributed by atoms with van der Waals surface area (Å²) in [7, 11) is -3.71. The van der Waals surface area contributed by atoms with E-state index in [4.69, 9.17) is 4.74 Å². The summed E-state index contributed by atoms with van der Waals surface area (Å²) in [6, 6.07) is 11.5. The SMILES string of the molecule is O=C1CSc2ccc(S(=O)(=O)N3CCOCC3)cc2N1Cc1cc(=O)n2ccccc2n1. The van der Waals surface area contributed by atoms with Crippen LogP contribution in [0, 0.1) is 0 Å². The van der Waals surface area contributed by atoms with E-state index in [1.807, 2.05) is 0 Å². The maximum atomic E-state index is 13.1. The highest BCUT2D eigenvalue weighted by molar-refractivity contribution is 8.00. The van der Waals surface area contributed by atoms with Gasteiger partial charge in [-0.05, 0) is 30.3 Å². The van der Waals surface area contributed by atoms with Crippen LogP contribution >= 0.6 is 11.8 Å². The molecule has 2 aromatic heterocycles. The van der Waals surface area contributed by atoms with Crippen molar-refractivity contribution in [3.05, 3.63) is 64.7 Å². The van der Waals surface area contributed by atoms with E-state index in [1.165, 1.54) is 37.5 Å². The first-order valence-electron chi connectivity index (χ1n) is 10.1. The lowest BCUT2D eigenvalue weighted by Crippen LogP contribution is -2.41. The van der Waals surface area contributed by atoms with Gasteiger partial charge in [0.25, 0.3) is 5.56 Å². The van der Waals surface area contributed by atoms with E-state index in [0.29, 0.717) is 43.3 Å². The van der Waals surface area contributed by atoms with E-state index in [-0.39, 0.29) is 28.7 Å². The van der Waals surface area contributed by atoms with Gasteiger partial charge in [0.1, 0.15) is 5.65 Å². The molecule has 0 bridgehead atoms. The molecule has 0 unspecified atom stereocenters. The van der Waals surface area contributed by atoms with Crippen molar-refractivity contribution < 1.29 is 17.9 Å². The average Bonchev–Trinajstić information content (AvgIpc) is 2.81. The van der Waals surface area contributed by atoms with E-state index in [1.54, 1.807) is 36.5 Å². The summed E-state index contributed by atoms with van der Waals surface area (Å²) in [6.45, 7) is 1.37. The number of thioether (sulfide) groups is 1. The lowest BCUT2D eigenvalue weighted by Gasteiger charge is -2.30. The summed E-state index contributed by atoms with van der Waals surface area (Å²) in [4.78, 5) is 32.2. The molecule has 0 aliphatic carbocycles. The molecule has 0 N–H and O–H groups in total. The smallest absolute Gasteiger partial charge is 0.258 e. The van der Waals surface area contributed by atoms with Gasteiger partial charge in [0.15, 0.2) is 0 Å². The molecule has 4 heterocycles. The van der Waals surface area contributed by atoms with E-state index < -0.39 is 10.0 Å². The Morgan fingerprint density at radius 3 is 2.69 bits per heavy atom. The predicted molar refractivity (Wildman–Crippen MR) is 119 cm³/mol. The molecule has 0 radical (unpaired) electrons. The molecule has 32 heavy (non-hydrogen) atoms. The molecule has 1 amide bonds. The molecule has 11 heteroatoms. The fourth-order valence-electron chi connectivity index (χ4n) is 3.80. The van der Waals surface area contributed by atoms with E-state index in [9.17, 15) is 18.0 Å². The lowest BCUT2D eigenvalue weighted by atomic mass is 10.2. The van der Waals surface area contributed by atoms with Gasteiger partial charge in [0.05, 0.1) is 41.8 Å². The minimum Gasteiger partial charge on any atom is -0.379 e. The van der Waals surface area contributed by atoms with Crippen molar-refractivity contribution in [2.24, 2.45) is 0 Å². The van der Waals surface area contributed by atoms with Gasteiger partial charge in [0, 0.05) is 30.2 Å². The van der Waals surface area contributed by atoms with Crippen molar-refractivity contribution in [2.45, 2.75) is 16.3 Å². The fraction of sp³-hybridized carbons (Fsp3) is 0.286. The van der Waals surface area contributed by atoms with Gasteiger partial charge < -0.3 is 9.64 Å². The third kappa shape index (κ3) is 3.81. The molecule has 166 valence electrons. The van der Waals surface area contributed by atoms with Gasteiger partial charge in [-0.2, -0.15) is 4.31 Å². The molecule has 1 aromatic carbocycles. The first kappa shape index (κ1) is 21.1. The number of benzene rings is 1. The molecule has 2 aliphatic rings. The second kappa shape index (κ2) is 8.32. The number of nitrogens with zero attached hydrogens (tertiary/aromatic N) is 4. The van der Waals surface area contributed by atoms with Crippen molar-refractivity contribution in [3.8, 4) is 0 Å². The van der Waals surface area contributed by atoms with E-state index in [2.05, 4.69) is 4.98 Å². The van der Waals surface area contributed by atoms with Crippen molar-refractivity contribution in [1.29, 1.82) is 0 Å². The van der Waals surface area contributed by atoms with Crippen LogP contribution in [0.3, 0.4) is 0 Å². The van der Waals surface area contributed by atoms with Crippen LogP contribution in [0.2, 0.25) is 0 Å². The van der Waals surface area contributed by atoms with Gasteiger partial charge in [0.2, 0.25) is 15.9 Å². The quantitative estimate of drug-likeness (QED) is 0.565. The van der Waals surface area contributed by atoms with Crippen LogP contribution in [0.5, 0.6) is 0 Å². The Balaban J connectivity index is 1.52. The number of anilines is 1. The Kier molecular flexibility index (Phi) is 5.49.